The first-order valence-electron chi connectivity index (χ1n) is 7.45. The van der Waals surface area contributed by atoms with Crippen LogP contribution in [0.25, 0.3) is 6.08 Å². The van der Waals surface area contributed by atoms with Gasteiger partial charge in [0.05, 0.1) is 28.9 Å². The van der Waals surface area contributed by atoms with Crippen molar-refractivity contribution in [2.45, 2.75) is 4.90 Å². The van der Waals surface area contributed by atoms with Gasteiger partial charge in [0.25, 0.3) is 10.0 Å². The van der Waals surface area contributed by atoms with Gasteiger partial charge in [-0.3, -0.25) is 4.31 Å². The summed E-state index contributed by atoms with van der Waals surface area (Å²) in [6, 6.07) is 12.4. The summed E-state index contributed by atoms with van der Waals surface area (Å²) < 4.78 is 55.1. The van der Waals surface area contributed by atoms with Crippen molar-refractivity contribution in [3.63, 3.8) is 0 Å². The van der Waals surface area contributed by atoms with Gasteiger partial charge in [-0.25, -0.2) is 8.42 Å². The molecule has 0 saturated carbocycles. The van der Waals surface area contributed by atoms with Crippen molar-refractivity contribution in [2.75, 3.05) is 17.1 Å². The van der Waals surface area contributed by atoms with Gasteiger partial charge in [-0.1, -0.05) is 30.4 Å². The van der Waals surface area contributed by atoms with E-state index in [2.05, 4.69) is 0 Å². The highest BCUT2D eigenvalue weighted by molar-refractivity contribution is 7.92. The fraction of sp³-hybridized carbons (Fsp3) is 0.118. The number of fused-ring (bicyclic) bond motifs is 1. The minimum atomic E-state index is -3.94. The molecule has 9 heteroatoms. The Morgan fingerprint density at radius 2 is 1.77 bits per heavy atom. The number of benzene rings is 2. The van der Waals surface area contributed by atoms with E-state index in [0.717, 1.165) is 10.6 Å². The maximum absolute atomic E-state index is 13.0. The molecule has 0 radical (unpaired) electrons. The Labute approximate surface area is 151 Å². The van der Waals surface area contributed by atoms with Crippen LogP contribution in [0.5, 0.6) is 5.75 Å². The van der Waals surface area contributed by atoms with Gasteiger partial charge in [-0.2, -0.15) is 13.7 Å². The molecule has 0 aromatic heterocycles. The summed E-state index contributed by atoms with van der Waals surface area (Å²) in [4.78, 5) is 0.0691. The Kier molecular flexibility index (Phi) is 4.48. The molecule has 0 atom stereocenters. The molecule has 7 nitrogen and oxygen atoms in total. The fourth-order valence-electron chi connectivity index (χ4n) is 2.64. The molecule has 0 unspecified atom stereocenters. The van der Waals surface area contributed by atoms with Crippen LogP contribution in [-0.2, 0) is 20.1 Å². The Balaban J connectivity index is 2.23. The van der Waals surface area contributed by atoms with Crippen molar-refractivity contribution in [3.05, 3.63) is 59.7 Å². The first kappa shape index (κ1) is 18.0. The number of sulfonamides is 1. The van der Waals surface area contributed by atoms with Crippen LogP contribution in [0.1, 0.15) is 11.1 Å². The van der Waals surface area contributed by atoms with Gasteiger partial charge in [-0.05, 0) is 24.3 Å². The molecule has 1 aliphatic rings. The van der Waals surface area contributed by atoms with E-state index in [9.17, 15) is 22.1 Å². The van der Waals surface area contributed by atoms with Gasteiger partial charge in [0, 0.05) is 5.56 Å². The van der Waals surface area contributed by atoms with E-state index in [0.29, 0.717) is 0 Å². The van der Waals surface area contributed by atoms with Gasteiger partial charge in [0.15, 0.2) is 5.75 Å². The van der Waals surface area contributed by atoms with Gasteiger partial charge in [0.2, 0.25) is 0 Å². The van der Waals surface area contributed by atoms with E-state index < -0.39 is 20.1 Å². The molecule has 0 bridgehead atoms. The maximum atomic E-state index is 13.0. The summed E-state index contributed by atoms with van der Waals surface area (Å²) in [5.41, 5.74) is 0.421. The largest absolute Gasteiger partial charge is 0.382 e. The van der Waals surface area contributed by atoms with Crippen LogP contribution in [0.4, 0.5) is 5.69 Å². The Bertz CT molecular complexity index is 1130. The average molecular weight is 390 g/mol. The molecule has 0 amide bonds. The molecule has 0 aliphatic carbocycles. The molecule has 0 fully saturated rings. The smallest absolute Gasteiger partial charge is 0.306 e. The predicted molar refractivity (Wildman–Crippen MR) is 96.6 cm³/mol. The summed E-state index contributed by atoms with van der Waals surface area (Å²) in [5.74, 6) is -0.0364. The third kappa shape index (κ3) is 3.29. The second-order valence-corrected chi connectivity index (χ2v) is 8.96. The van der Waals surface area contributed by atoms with Crippen molar-refractivity contribution >= 4 is 31.9 Å². The summed E-state index contributed by atoms with van der Waals surface area (Å²) in [6.07, 6.45) is 4.01. The molecular formula is C17H14N2O5S2. The van der Waals surface area contributed by atoms with Crippen LogP contribution in [0.3, 0.4) is 0 Å². The quantitative estimate of drug-likeness (QED) is 0.741. The highest BCUT2D eigenvalue weighted by Crippen LogP contribution is 2.39. The second kappa shape index (κ2) is 6.48. The predicted octanol–water partition coefficient (Wildman–Crippen LogP) is 2.12. The van der Waals surface area contributed by atoms with Crippen LogP contribution in [0, 0.1) is 11.3 Å². The molecule has 2 aromatic rings. The number of hydrogen-bond acceptors (Lipinski definition) is 6. The topological polar surface area (TPSA) is 105 Å². The van der Waals surface area contributed by atoms with E-state index in [-0.39, 0.29) is 34.0 Å². The van der Waals surface area contributed by atoms with Gasteiger partial charge in [-0.15, -0.1) is 0 Å². The number of nitriles is 1. The molecule has 0 N–H and O–H groups in total. The average Bonchev–Trinajstić information content (AvgIpc) is 2.61. The maximum Gasteiger partial charge on any atom is 0.306 e. The lowest BCUT2D eigenvalue weighted by Crippen LogP contribution is -2.34. The number of nitrogens with zero attached hydrogens (tertiary/aromatic N) is 2. The van der Waals surface area contributed by atoms with E-state index in [4.69, 9.17) is 4.18 Å². The standard InChI is InChI=1S/C17H14N2O5S2/c1-25(20,21)24-16-10-9-13(12-18)17-15(16)8-5-11-19(17)26(22,23)14-6-3-2-4-7-14/h2-10H,11H2,1H3. The highest BCUT2D eigenvalue weighted by atomic mass is 32.2. The zero-order valence-electron chi connectivity index (χ0n) is 13.7. The summed E-state index contributed by atoms with van der Waals surface area (Å²) in [5, 5.41) is 9.42. The monoisotopic (exact) mass is 390 g/mol. The Hall–Kier alpha value is -2.83. The number of rotatable bonds is 4. The molecule has 26 heavy (non-hydrogen) atoms. The molecule has 1 aliphatic heterocycles. The highest BCUT2D eigenvalue weighted by Gasteiger charge is 2.31. The van der Waals surface area contributed by atoms with Crippen LogP contribution >= 0.6 is 0 Å². The molecule has 134 valence electrons. The van der Waals surface area contributed by atoms with Crippen molar-refractivity contribution in [3.8, 4) is 11.8 Å². The molecule has 3 rings (SSSR count). The first-order chi connectivity index (χ1) is 12.2. The normalized spacial score (nSPS) is 13.8. The Morgan fingerprint density at radius 3 is 2.38 bits per heavy atom. The van der Waals surface area contributed by atoms with Crippen molar-refractivity contribution in [2.24, 2.45) is 0 Å². The van der Waals surface area contributed by atoms with E-state index in [1.165, 1.54) is 24.3 Å². The van der Waals surface area contributed by atoms with Crippen molar-refractivity contribution in [1.82, 2.24) is 0 Å². The second-order valence-electron chi connectivity index (χ2n) is 5.52. The first-order valence-corrected chi connectivity index (χ1v) is 10.7. The summed E-state index contributed by atoms with van der Waals surface area (Å²) in [6.45, 7) is 0.0151. The minimum absolute atomic E-state index is 0.0151. The lowest BCUT2D eigenvalue weighted by atomic mass is 10.0. The van der Waals surface area contributed by atoms with Crippen LogP contribution in [-0.4, -0.2) is 29.6 Å². The van der Waals surface area contributed by atoms with Crippen molar-refractivity contribution < 1.29 is 21.0 Å². The van der Waals surface area contributed by atoms with Gasteiger partial charge >= 0.3 is 10.1 Å². The zero-order valence-corrected chi connectivity index (χ0v) is 15.3. The summed E-state index contributed by atoms with van der Waals surface area (Å²) in [7, 11) is -7.76. The third-order valence-corrected chi connectivity index (χ3v) is 5.94. The van der Waals surface area contributed by atoms with E-state index >= 15 is 0 Å². The number of anilines is 1. The molecule has 2 aromatic carbocycles. The minimum Gasteiger partial charge on any atom is -0.382 e. The van der Waals surface area contributed by atoms with Gasteiger partial charge in [0.1, 0.15) is 6.07 Å². The number of hydrogen-bond donors (Lipinski definition) is 0. The van der Waals surface area contributed by atoms with Crippen molar-refractivity contribution in [1.29, 1.82) is 5.26 Å². The van der Waals surface area contributed by atoms with E-state index in [1.54, 1.807) is 30.4 Å². The SMILES string of the molecule is CS(=O)(=O)Oc1ccc(C#N)c2c1C=CCN2S(=O)(=O)c1ccccc1. The van der Waals surface area contributed by atoms with Crippen LogP contribution in [0.15, 0.2) is 53.4 Å². The lowest BCUT2D eigenvalue weighted by molar-refractivity contribution is 0.492. The molecule has 0 spiro atoms. The van der Waals surface area contributed by atoms with Crippen LogP contribution < -0.4 is 8.49 Å². The third-order valence-electron chi connectivity index (χ3n) is 3.68. The van der Waals surface area contributed by atoms with Crippen LogP contribution in [0.2, 0.25) is 0 Å². The summed E-state index contributed by atoms with van der Waals surface area (Å²) >= 11 is 0. The lowest BCUT2D eigenvalue weighted by Gasteiger charge is -2.29. The fourth-order valence-corrected chi connectivity index (χ4v) is 4.59. The van der Waals surface area contributed by atoms with E-state index in [1.807, 2.05) is 6.07 Å². The Morgan fingerprint density at radius 1 is 1.08 bits per heavy atom. The molecule has 0 saturated heterocycles. The molecular weight excluding hydrogens is 376 g/mol. The van der Waals surface area contributed by atoms with Gasteiger partial charge < -0.3 is 4.18 Å². The molecule has 1 heterocycles. The zero-order chi connectivity index (χ0) is 18.9.